The van der Waals surface area contributed by atoms with Gasteiger partial charge < -0.3 is 16.0 Å². The van der Waals surface area contributed by atoms with E-state index in [0.717, 1.165) is 12.2 Å². The zero-order chi connectivity index (χ0) is 10.7. The minimum atomic E-state index is -0.382. The number of pyridine rings is 1. The highest BCUT2D eigenvalue weighted by Gasteiger charge is 2.26. The van der Waals surface area contributed by atoms with Crippen LogP contribution in [0.3, 0.4) is 0 Å². The van der Waals surface area contributed by atoms with Gasteiger partial charge in [0, 0.05) is 25.8 Å². The predicted octanol–water partition coefficient (Wildman–Crippen LogP) is 0.107. The summed E-state index contributed by atoms with van der Waals surface area (Å²) in [4.78, 5) is 17.1. The molecule has 0 saturated carbocycles. The van der Waals surface area contributed by atoms with Gasteiger partial charge in [-0.25, -0.2) is 4.79 Å². The van der Waals surface area contributed by atoms with E-state index in [2.05, 4.69) is 10.3 Å². The molecule has 1 atom stereocenters. The van der Waals surface area contributed by atoms with E-state index in [1.54, 1.807) is 11.1 Å². The van der Waals surface area contributed by atoms with Crippen LogP contribution in [0, 0.1) is 0 Å². The SMILES string of the molecule is NC(=O)N1CCNCC1c1ccccn1. The molecule has 80 valence electrons. The Bertz CT molecular complexity index is 341. The minimum Gasteiger partial charge on any atom is -0.351 e. The average molecular weight is 206 g/mol. The van der Waals surface area contributed by atoms with Crippen molar-refractivity contribution in [3.05, 3.63) is 30.1 Å². The smallest absolute Gasteiger partial charge is 0.315 e. The van der Waals surface area contributed by atoms with Crippen molar-refractivity contribution < 1.29 is 4.79 Å². The number of rotatable bonds is 1. The lowest BCUT2D eigenvalue weighted by Crippen LogP contribution is -2.50. The largest absolute Gasteiger partial charge is 0.351 e. The molecular weight excluding hydrogens is 192 g/mol. The van der Waals surface area contributed by atoms with E-state index in [9.17, 15) is 4.79 Å². The maximum atomic E-state index is 11.2. The summed E-state index contributed by atoms with van der Waals surface area (Å²) in [7, 11) is 0. The lowest BCUT2D eigenvalue weighted by molar-refractivity contribution is 0.165. The van der Waals surface area contributed by atoms with E-state index in [1.807, 2.05) is 18.2 Å². The van der Waals surface area contributed by atoms with Crippen LogP contribution in [-0.4, -0.2) is 35.5 Å². The molecule has 0 bridgehead atoms. The number of urea groups is 1. The molecule has 0 spiro atoms. The Morgan fingerprint density at radius 2 is 2.47 bits per heavy atom. The van der Waals surface area contributed by atoms with Crippen molar-refractivity contribution in [1.82, 2.24) is 15.2 Å². The molecule has 5 nitrogen and oxygen atoms in total. The lowest BCUT2D eigenvalue weighted by atomic mass is 10.1. The predicted molar refractivity (Wildman–Crippen MR) is 56.1 cm³/mol. The molecule has 0 aromatic carbocycles. The summed E-state index contributed by atoms with van der Waals surface area (Å²) >= 11 is 0. The maximum absolute atomic E-state index is 11.2. The Morgan fingerprint density at radius 3 is 3.13 bits per heavy atom. The second kappa shape index (κ2) is 4.27. The van der Waals surface area contributed by atoms with Crippen LogP contribution >= 0.6 is 0 Å². The van der Waals surface area contributed by atoms with Crippen LogP contribution in [0.2, 0.25) is 0 Å². The molecule has 2 heterocycles. The van der Waals surface area contributed by atoms with Crippen LogP contribution in [0.4, 0.5) is 4.79 Å². The molecule has 1 unspecified atom stereocenters. The summed E-state index contributed by atoms with van der Waals surface area (Å²) in [5, 5.41) is 3.23. The zero-order valence-electron chi connectivity index (χ0n) is 8.39. The molecular formula is C10H14N4O. The Balaban J connectivity index is 2.22. The number of nitrogens with two attached hydrogens (primary N) is 1. The van der Waals surface area contributed by atoms with Crippen molar-refractivity contribution in [1.29, 1.82) is 0 Å². The fourth-order valence-corrected chi connectivity index (χ4v) is 1.81. The number of amides is 2. The third-order valence-corrected chi connectivity index (χ3v) is 2.56. The molecule has 3 N–H and O–H groups in total. The summed E-state index contributed by atoms with van der Waals surface area (Å²) in [6.45, 7) is 2.13. The highest BCUT2D eigenvalue weighted by molar-refractivity contribution is 5.72. The first-order valence-electron chi connectivity index (χ1n) is 4.97. The highest BCUT2D eigenvalue weighted by Crippen LogP contribution is 2.19. The molecule has 1 aromatic rings. The number of carbonyl (C=O) groups is 1. The van der Waals surface area contributed by atoms with Crippen molar-refractivity contribution >= 4 is 6.03 Å². The number of aromatic nitrogens is 1. The average Bonchev–Trinajstić information content (AvgIpc) is 2.30. The maximum Gasteiger partial charge on any atom is 0.315 e. The first-order chi connectivity index (χ1) is 7.29. The van der Waals surface area contributed by atoms with Crippen molar-refractivity contribution in [2.45, 2.75) is 6.04 Å². The van der Waals surface area contributed by atoms with Gasteiger partial charge in [-0.1, -0.05) is 6.07 Å². The van der Waals surface area contributed by atoms with Gasteiger partial charge in [-0.3, -0.25) is 4.98 Å². The summed E-state index contributed by atoms with van der Waals surface area (Å²) in [5.74, 6) is 0. The number of primary amides is 1. The van der Waals surface area contributed by atoms with E-state index in [1.165, 1.54) is 0 Å². The van der Waals surface area contributed by atoms with Crippen molar-refractivity contribution in [2.24, 2.45) is 5.73 Å². The first-order valence-corrected chi connectivity index (χ1v) is 4.97. The van der Waals surface area contributed by atoms with Crippen LogP contribution in [0.1, 0.15) is 11.7 Å². The van der Waals surface area contributed by atoms with Crippen LogP contribution in [0.15, 0.2) is 24.4 Å². The van der Waals surface area contributed by atoms with E-state index in [4.69, 9.17) is 5.73 Å². The molecule has 1 fully saturated rings. The van der Waals surface area contributed by atoms with E-state index in [-0.39, 0.29) is 12.1 Å². The Kier molecular flexibility index (Phi) is 2.82. The minimum absolute atomic E-state index is 0.0440. The standard InChI is InChI=1S/C10H14N4O/c11-10(15)14-6-5-12-7-9(14)8-3-1-2-4-13-8/h1-4,9,12H,5-7H2,(H2,11,15). The number of piperazine rings is 1. The molecule has 0 radical (unpaired) electrons. The molecule has 1 aliphatic rings. The number of hydrogen-bond acceptors (Lipinski definition) is 3. The van der Waals surface area contributed by atoms with Crippen LogP contribution in [0.25, 0.3) is 0 Å². The van der Waals surface area contributed by atoms with Gasteiger partial charge in [-0.2, -0.15) is 0 Å². The fourth-order valence-electron chi connectivity index (χ4n) is 1.81. The van der Waals surface area contributed by atoms with Gasteiger partial charge in [0.2, 0.25) is 0 Å². The van der Waals surface area contributed by atoms with Gasteiger partial charge in [0.05, 0.1) is 11.7 Å². The van der Waals surface area contributed by atoms with E-state index < -0.39 is 0 Å². The molecule has 2 amide bonds. The summed E-state index contributed by atoms with van der Waals surface area (Å²) in [6.07, 6.45) is 1.73. The molecule has 1 saturated heterocycles. The van der Waals surface area contributed by atoms with Gasteiger partial charge in [-0.15, -0.1) is 0 Å². The number of carbonyl (C=O) groups excluding carboxylic acids is 1. The topological polar surface area (TPSA) is 71.2 Å². The third-order valence-electron chi connectivity index (χ3n) is 2.56. The lowest BCUT2D eigenvalue weighted by Gasteiger charge is -2.34. The van der Waals surface area contributed by atoms with Crippen LogP contribution < -0.4 is 11.1 Å². The fraction of sp³-hybridized carbons (Fsp3) is 0.400. The number of hydrogen-bond donors (Lipinski definition) is 2. The van der Waals surface area contributed by atoms with E-state index >= 15 is 0 Å². The Morgan fingerprint density at radius 1 is 1.60 bits per heavy atom. The second-order valence-corrected chi connectivity index (χ2v) is 3.51. The Hall–Kier alpha value is -1.62. The van der Waals surface area contributed by atoms with Crippen molar-refractivity contribution in [2.75, 3.05) is 19.6 Å². The summed E-state index contributed by atoms with van der Waals surface area (Å²) in [5.41, 5.74) is 6.20. The summed E-state index contributed by atoms with van der Waals surface area (Å²) < 4.78 is 0. The van der Waals surface area contributed by atoms with Gasteiger partial charge in [0.25, 0.3) is 0 Å². The summed E-state index contributed by atoms with van der Waals surface area (Å²) in [6, 6.07) is 5.25. The third kappa shape index (κ3) is 2.07. The molecule has 5 heteroatoms. The molecule has 2 rings (SSSR count). The van der Waals surface area contributed by atoms with Crippen LogP contribution in [-0.2, 0) is 0 Å². The van der Waals surface area contributed by atoms with Gasteiger partial charge >= 0.3 is 6.03 Å². The van der Waals surface area contributed by atoms with Crippen LogP contribution in [0.5, 0.6) is 0 Å². The van der Waals surface area contributed by atoms with Crippen molar-refractivity contribution in [3.8, 4) is 0 Å². The molecule has 0 aliphatic carbocycles. The number of nitrogens with one attached hydrogen (secondary N) is 1. The normalized spacial score (nSPS) is 21.3. The van der Waals surface area contributed by atoms with Gasteiger partial charge in [0.15, 0.2) is 0 Å². The second-order valence-electron chi connectivity index (χ2n) is 3.51. The van der Waals surface area contributed by atoms with E-state index in [0.29, 0.717) is 13.1 Å². The number of nitrogens with zero attached hydrogens (tertiary/aromatic N) is 2. The van der Waals surface area contributed by atoms with Crippen molar-refractivity contribution in [3.63, 3.8) is 0 Å². The molecule has 15 heavy (non-hydrogen) atoms. The quantitative estimate of drug-likeness (QED) is 0.685. The zero-order valence-corrected chi connectivity index (χ0v) is 8.39. The molecule has 1 aromatic heterocycles. The van der Waals surface area contributed by atoms with Gasteiger partial charge in [0.1, 0.15) is 0 Å². The first kappa shape index (κ1) is 9.92. The molecule has 1 aliphatic heterocycles. The Labute approximate surface area is 88.3 Å². The van der Waals surface area contributed by atoms with Gasteiger partial charge in [-0.05, 0) is 12.1 Å². The monoisotopic (exact) mass is 206 g/mol. The highest BCUT2D eigenvalue weighted by atomic mass is 16.2.